The fourth-order valence-electron chi connectivity index (χ4n) is 3.93. The molecule has 6 nitrogen and oxygen atoms in total. The van der Waals surface area contributed by atoms with Gasteiger partial charge in [0.2, 0.25) is 11.1 Å². The van der Waals surface area contributed by atoms with Crippen molar-refractivity contribution in [3.63, 3.8) is 0 Å². The maximum absolute atomic E-state index is 13.5. The molecule has 5 rings (SSSR count). The van der Waals surface area contributed by atoms with E-state index in [1.807, 2.05) is 55.5 Å². The van der Waals surface area contributed by atoms with Crippen LogP contribution in [0.4, 0.5) is 11.6 Å². The third kappa shape index (κ3) is 5.32. The van der Waals surface area contributed by atoms with Crippen LogP contribution in [0.1, 0.15) is 24.1 Å². The SMILES string of the molecule is CC1=C(C(=O)Nc2ccc(Cl)cc2)[C@H](c2ccc(Br)cc2)n2nc(SCc3ccccc3Cl)nc2N1. The predicted molar refractivity (Wildman–Crippen MR) is 150 cm³/mol. The highest BCUT2D eigenvalue weighted by atomic mass is 79.9. The average Bonchev–Trinajstić information content (AvgIpc) is 3.27. The highest BCUT2D eigenvalue weighted by molar-refractivity contribution is 9.10. The molecule has 0 fully saturated rings. The summed E-state index contributed by atoms with van der Waals surface area (Å²) in [6.45, 7) is 1.87. The van der Waals surface area contributed by atoms with E-state index in [9.17, 15) is 4.79 Å². The Labute approximate surface area is 231 Å². The van der Waals surface area contributed by atoms with Crippen molar-refractivity contribution < 1.29 is 4.79 Å². The van der Waals surface area contributed by atoms with Gasteiger partial charge in [-0.25, -0.2) is 4.68 Å². The van der Waals surface area contributed by atoms with E-state index in [2.05, 4.69) is 26.6 Å². The van der Waals surface area contributed by atoms with Gasteiger partial charge in [-0.3, -0.25) is 4.79 Å². The smallest absolute Gasteiger partial charge is 0.255 e. The van der Waals surface area contributed by atoms with Gasteiger partial charge < -0.3 is 10.6 Å². The van der Waals surface area contributed by atoms with Gasteiger partial charge in [-0.15, -0.1) is 5.10 Å². The van der Waals surface area contributed by atoms with Crippen molar-refractivity contribution in [1.82, 2.24) is 14.8 Å². The lowest BCUT2D eigenvalue weighted by Gasteiger charge is -2.28. The second-order valence-electron chi connectivity index (χ2n) is 8.12. The normalized spacial score (nSPS) is 14.8. The number of thioether (sulfide) groups is 1. The van der Waals surface area contributed by atoms with Crippen LogP contribution in [0.3, 0.4) is 0 Å². The van der Waals surface area contributed by atoms with Crippen LogP contribution >= 0.6 is 50.9 Å². The number of amides is 1. The molecule has 0 unspecified atom stereocenters. The Morgan fingerprint density at radius 1 is 1.08 bits per heavy atom. The number of benzene rings is 3. The van der Waals surface area contributed by atoms with Crippen molar-refractivity contribution in [2.75, 3.05) is 10.6 Å². The lowest BCUT2D eigenvalue weighted by atomic mass is 9.95. The molecule has 3 aromatic carbocycles. The molecular weight excluding hydrogens is 581 g/mol. The summed E-state index contributed by atoms with van der Waals surface area (Å²) >= 11 is 17.3. The van der Waals surface area contributed by atoms with E-state index in [1.54, 1.807) is 28.9 Å². The number of nitrogens with one attached hydrogen (secondary N) is 2. The molecule has 1 aromatic heterocycles. The zero-order valence-corrected chi connectivity index (χ0v) is 22.9. The first-order chi connectivity index (χ1) is 17.4. The Morgan fingerprint density at radius 2 is 1.81 bits per heavy atom. The monoisotopic (exact) mass is 599 g/mol. The van der Waals surface area contributed by atoms with Crippen LogP contribution in [0.5, 0.6) is 0 Å². The summed E-state index contributed by atoms with van der Waals surface area (Å²) < 4.78 is 2.71. The Kier molecular flexibility index (Phi) is 7.39. The van der Waals surface area contributed by atoms with Crippen LogP contribution in [0.25, 0.3) is 0 Å². The lowest BCUT2D eigenvalue weighted by molar-refractivity contribution is -0.113. The Hall–Kier alpha value is -2.78. The van der Waals surface area contributed by atoms with E-state index in [-0.39, 0.29) is 5.91 Å². The van der Waals surface area contributed by atoms with Gasteiger partial charge in [-0.1, -0.05) is 81.2 Å². The fraction of sp³-hybridized carbons (Fsp3) is 0.115. The molecule has 1 aliphatic rings. The second kappa shape index (κ2) is 10.7. The molecule has 1 atom stereocenters. The van der Waals surface area contributed by atoms with E-state index >= 15 is 0 Å². The molecule has 0 spiro atoms. The molecule has 0 radical (unpaired) electrons. The molecule has 1 amide bonds. The minimum absolute atomic E-state index is 0.235. The summed E-state index contributed by atoms with van der Waals surface area (Å²) in [6.07, 6.45) is 0. The summed E-state index contributed by atoms with van der Waals surface area (Å²) in [5, 5.41) is 12.9. The molecule has 0 saturated carbocycles. The van der Waals surface area contributed by atoms with Gasteiger partial charge in [0.15, 0.2) is 0 Å². The van der Waals surface area contributed by atoms with Crippen LogP contribution in [0, 0.1) is 0 Å². The zero-order valence-electron chi connectivity index (χ0n) is 19.0. The molecule has 0 saturated heterocycles. The topological polar surface area (TPSA) is 71.8 Å². The Morgan fingerprint density at radius 3 is 2.53 bits per heavy atom. The first kappa shape index (κ1) is 24.9. The van der Waals surface area contributed by atoms with Gasteiger partial charge in [0.1, 0.15) is 6.04 Å². The van der Waals surface area contributed by atoms with Crippen molar-refractivity contribution in [2.24, 2.45) is 0 Å². The fourth-order valence-corrected chi connectivity index (χ4v) is 5.43. The number of allylic oxidation sites excluding steroid dienone is 1. The first-order valence-electron chi connectivity index (χ1n) is 11.0. The summed E-state index contributed by atoms with van der Waals surface area (Å²) in [6, 6.07) is 22.1. The van der Waals surface area contributed by atoms with Crippen molar-refractivity contribution in [2.45, 2.75) is 23.9 Å². The van der Waals surface area contributed by atoms with Crippen molar-refractivity contribution in [1.29, 1.82) is 0 Å². The van der Waals surface area contributed by atoms with Crippen molar-refractivity contribution >= 4 is 68.4 Å². The van der Waals surface area contributed by atoms with Crippen LogP contribution in [-0.2, 0) is 10.5 Å². The highest BCUT2D eigenvalue weighted by Gasteiger charge is 2.34. The molecule has 0 bridgehead atoms. The number of carbonyl (C=O) groups excluding carboxylic acids is 1. The molecule has 0 aliphatic carbocycles. The van der Waals surface area contributed by atoms with Gasteiger partial charge in [0.05, 0.1) is 5.57 Å². The van der Waals surface area contributed by atoms with Crippen molar-refractivity contribution in [3.05, 3.63) is 110 Å². The molecule has 1 aliphatic heterocycles. The Bertz CT molecular complexity index is 1450. The van der Waals surface area contributed by atoms with Crippen LogP contribution in [-0.4, -0.2) is 20.7 Å². The summed E-state index contributed by atoms with van der Waals surface area (Å²) in [5.74, 6) is 0.967. The molecule has 4 aromatic rings. The second-order valence-corrected chi connectivity index (χ2v) is 10.8. The van der Waals surface area contributed by atoms with Gasteiger partial charge >= 0.3 is 0 Å². The third-order valence-electron chi connectivity index (χ3n) is 5.68. The summed E-state index contributed by atoms with van der Waals surface area (Å²) in [4.78, 5) is 18.2. The number of anilines is 2. The molecule has 182 valence electrons. The number of nitrogens with zero attached hydrogens (tertiary/aromatic N) is 3. The van der Waals surface area contributed by atoms with E-state index in [0.29, 0.717) is 43.9 Å². The van der Waals surface area contributed by atoms with Crippen LogP contribution < -0.4 is 10.6 Å². The summed E-state index contributed by atoms with van der Waals surface area (Å²) in [5.41, 5.74) is 3.82. The van der Waals surface area contributed by atoms with Gasteiger partial charge in [0, 0.05) is 31.7 Å². The number of carbonyl (C=O) groups is 1. The molecule has 2 N–H and O–H groups in total. The minimum atomic E-state index is -0.469. The number of halogens is 3. The van der Waals surface area contributed by atoms with E-state index in [4.69, 9.17) is 33.3 Å². The number of hydrogen-bond donors (Lipinski definition) is 2. The predicted octanol–water partition coefficient (Wildman–Crippen LogP) is 7.57. The Balaban J connectivity index is 1.48. The van der Waals surface area contributed by atoms with Crippen LogP contribution in [0.2, 0.25) is 10.0 Å². The third-order valence-corrected chi connectivity index (χ3v) is 7.72. The maximum atomic E-state index is 13.5. The molecular formula is C26H20BrCl2N5OS. The average molecular weight is 601 g/mol. The standard InChI is InChI=1S/C26H20BrCl2N5OS/c1-15-22(24(35)31-20-12-10-19(28)11-13-20)23(16-6-8-18(27)9-7-16)34-25(30-15)32-26(33-34)36-14-17-4-2-3-5-21(17)29/h2-13,23H,14H2,1H3,(H,31,35)(H,30,32,33)/t23-/m0/s1. The summed E-state index contributed by atoms with van der Waals surface area (Å²) in [7, 11) is 0. The first-order valence-corrected chi connectivity index (χ1v) is 13.6. The van der Waals surface area contributed by atoms with E-state index < -0.39 is 6.04 Å². The van der Waals surface area contributed by atoms with E-state index in [0.717, 1.165) is 15.6 Å². The quantitative estimate of drug-likeness (QED) is 0.223. The lowest BCUT2D eigenvalue weighted by Crippen LogP contribution is -2.31. The van der Waals surface area contributed by atoms with Gasteiger partial charge in [-0.05, 0) is 60.5 Å². The van der Waals surface area contributed by atoms with Crippen LogP contribution in [0.15, 0.2) is 93.7 Å². The van der Waals surface area contributed by atoms with E-state index in [1.165, 1.54) is 11.8 Å². The minimum Gasteiger partial charge on any atom is -0.328 e. The largest absolute Gasteiger partial charge is 0.328 e. The van der Waals surface area contributed by atoms with Gasteiger partial charge in [-0.2, -0.15) is 4.98 Å². The zero-order chi connectivity index (χ0) is 25.2. The number of fused-ring (bicyclic) bond motifs is 1. The van der Waals surface area contributed by atoms with Gasteiger partial charge in [0.25, 0.3) is 5.91 Å². The molecule has 36 heavy (non-hydrogen) atoms. The number of hydrogen-bond acceptors (Lipinski definition) is 5. The maximum Gasteiger partial charge on any atom is 0.255 e. The van der Waals surface area contributed by atoms with Crippen molar-refractivity contribution in [3.8, 4) is 0 Å². The molecule has 2 heterocycles. The molecule has 10 heteroatoms. The number of aromatic nitrogens is 3. The number of rotatable bonds is 6. The highest BCUT2D eigenvalue weighted by Crippen LogP contribution is 2.37.